The smallest absolute Gasteiger partial charge is 0.0416 e. The molecular formula is C14H40Si5. The quantitative estimate of drug-likeness (QED) is 0.526. The summed E-state index contributed by atoms with van der Waals surface area (Å²) >= 11 is 0. The molecule has 116 valence electrons. The second kappa shape index (κ2) is 7.38. The van der Waals surface area contributed by atoms with Crippen LogP contribution in [0.25, 0.3) is 0 Å². The van der Waals surface area contributed by atoms with E-state index in [2.05, 4.69) is 65.5 Å². The monoisotopic (exact) mass is 348 g/mol. The Morgan fingerprint density at radius 2 is 0.789 bits per heavy atom. The molecule has 0 aliphatic rings. The average Bonchev–Trinajstić information content (AvgIpc) is 1.89. The normalized spacial score (nSPS) is 17.4. The van der Waals surface area contributed by atoms with Crippen molar-refractivity contribution < 1.29 is 0 Å². The minimum atomic E-state index is -0.861. The predicted octanol–water partition coefficient (Wildman–Crippen LogP) is 5.24. The second-order valence-corrected chi connectivity index (χ2v) is 35.8. The topological polar surface area (TPSA) is 0 Å². The molecule has 0 fully saturated rings. The lowest BCUT2D eigenvalue weighted by atomic mass is 11.7. The van der Waals surface area contributed by atoms with E-state index in [1.165, 1.54) is 0 Å². The van der Waals surface area contributed by atoms with Crippen molar-refractivity contribution in [2.45, 2.75) is 88.1 Å². The van der Waals surface area contributed by atoms with Gasteiger partial charge in [-0.05, 0) is 0 Å². The van der Waals surface area contributed by atoms with Crippen molar-refractivity contribution in [3.05, 3.63) is 0 Å². The molecule has 0 aromatic carbocycles. The number of rotatable bonds is 8. The van der Waals surface area contributed by atoms with E-state index in [0.717, 1.165) is 0 Å². The van der Waals surface area contributed by atoms with Crippen LogP contribution in [0.3, 0.4) is 0 Å². The molecule has 2 unspecified atom stereocenters. The molecule has 0 amide bonds. The molecule has 0 saturated heterocycles. The highest BCUT2D eigenvalue weighted by molar-refractivity contribution is 7.00. The van der Waals surface area contributed by atoms with Gasteiger partial charge in [0.25, 0.3) is 0 Å². The van der Waals surface area contributed by atoms with Crippen LogP contribution in [-0.2, 0) is 0 Å². The first-order valence-corrected chi connectivity index (χ1v) is 24.6. The van der Waals surface area contributed by atoms with Gasteiger partial charge in [-0.25, -0.2) is 0 Å². The largest absolute Gasteiger partial charge is 0.0724 e. The lowest BCUT2D eigenvalue weighted by Crippen LogP contribution is -2.40. The minimum absolute atomic E-state index is 0.407. The Hall–Kier alpha value is 1.08. The third-order valence-corrected chi connectivity index (χ3v) is 33.5. The van der Waals surface area contributed by atoms with E-state index < -0.39 is 41.8 Å². The summed E-state index contributed by atoms with van der Waals surface area (Å²) < 4.78 is 0. The molecule has 19 heavy (non-hydrogen) atoms. The molecule has 0 saturated carbocycles. The highest BCUT2D eigenvalue weighted by atomic mass is 28.4. The standard InChI is InChI=1S/C14H40Si5/c1-15(11-17(3,4)5)13-19(9,10)14-16(2)12-18(6,7)8/h15-16H,11-14H2,1-10H3. The SMILES string of the molecule is C[SiH](C[Si](C)(C)C)C[Si](C)(C)C[SiH](C)C[Si](C)(C)C. The number of hydrogen-bond donors (Lipinski definition) is 0. The summed E-state index contributed by atoms with van der Waals surface area (Å²) in [7, 11) is -3.27. The van der Waals surface area contributed by atoms with E-state index in [0.29, 0.717) is 0 Å². The molecule has 5 heteroatoms. The highest BCUT2D eigenvalue weighted by Gasteiger charge is 2.30. The molecule has 0 aromatic heterocycles. The van der Waals surface area contributed by atoms with Crippen LogP contribution in [0.2, 0.25) is 88.1 Å². The van der Waals surface area contributed by atoms with Gasteiger partial charge < -0.3 is 0 Å². The van der Waals surface area contributed by atoms with Gasteiger partial charge in [0.15, 0.2) is 0 Å². The molecule has 0 N–H and O–H groups in total. The van der Waals surface area contributed by atoms with Gasteiger partial charge in [-0.3, -0.25) is 0 Å². The van der Waals surface area contributed by atoms with Crippen LogP contribution >= 0.6 is 0 Å². The summed E-state index contributed by atoms with van der Waals surface area (Å²) in [6.07, 6.45) is 0. The molecule has 0 spiro atoms. The fourth-order valence-electron chi connectivity index (χ4n) is 4.21. The maximum atomic E-state index is 2.70. The van der Waals surface area contributed by atoms with Crippen molar-refractivity contribution >= 4 is 41.8 Å². The zero-order valence-electron chi connectivity index (χ0n) is 15.5. The van der Waals surface area contributed by atoms with Crippen LogP contribution in [-0.4, -0.2) is 41.8 Å². The van der Waals surface area contributed by atoms with Crippen LogP contribution in [0, 0.1) is 0 Å². The molecule has 0 aliphatic carbocycles. The van der Waals surface area contributed by atoms with E-state index in [1.807, 2.05) is 0 Å². The van der Waals surface area contributed by atoms with Gasteiger partial charge in [0.2, 0.25) is 0 Å². The van der Waals surface area contributed by atoms with Crippen LogP contribution in [0.15, 0.2) is 0 Å². The van der Waals surface area contributed by atoms with Crippen LogP contribution in [0.4, 0.5) is 0 Å². The lowest BCUT2D eigenvalue weighted by Gasteiger charge is -2.32. The fourth-order valence-corrected chi connectivity index (χ4v) is 41.9. The molecule has 0 rings (SSSR count). The first-order valence-electron chi connectivity index (χ1n) is 8.20. The van der Waals surface area contributed by atoms with Gasteiger partial charge in [0.1, 0.15) is 0 Å². The molecule has 0 nitrogen and oxygen atoms in total. The lowest BCUT2D eigenvalue weighted by molar-refractivity contribution is 1.46. The van der Waals surface area contributed by atoms with E-state index in [-0.39, 0.29) is 0 Å². The van der Waals surface area contributed by atoms with Gasteiger partial charge in [0, 0.05) is 41.8 Å². The van der Waals surface area contributed by atoms with E-state index in [9.17, 15) is 0 Å². The predicted molar refractivity (Wildman–Crippen MR) is 109 cm³/mol. The average molecular weight is 349 g/mol. The highest BCUT2D eigenvalue weighted by Crippen LogP contribution is 2.25. The maximum Gasteiger partial charge on any atom is 0.0416 e. The molecule has 0 heterocycles. The minimum Gasteiger partial charge on any atom is -0.0724 e. The number of hydrogen-bond acceptors (Lipinski definition) is 0. The van der Waals surface area contributed by atoms with Crippen LogP contribution in [0.5, 0.6) is 0 Å². The Bertz CT molecular complexity index is 236. The molecule has 0 radical (unpaired) electrons. The Morgan fingerprint density at radius 1 is 0.526 bits per heavy atom. The summed E-state index contributed by atoms with van der Waals surface area (Å²) in [4.78, 5) is 0. The molecule has 2 atom stereocenters. The molecule has 0 aliphatic heterocycles. The van der Waals surface area contributed by atoms with Crippen LogP contribution < -0.4 is 0 Å². The summed E-state index contributed by atoms with van der Waals surface area (Å²) in [6, 6.07) is 0. The zero-order chi connectivity index (χ0) is 15.5. The third-order valence-electron chi connectivity index (χ3n) is 3.72. The Balaban J connectivity index is 4.31. The van der Waals surface area contributed by atoms with Gasteiger partial charge in [-0.2, -0.15) is 0 Å². The van der Waals surface area contributed by atoms with Crippen molar-refractivity contribution in [2.75, 3.05) is 0 Å². The van der Waals surface area contributed by atoms with Gasteiger partial charge >= 0.3 is 0 Å². The van der Waals surface area contributed by atoms with Crippen molar-refractivity contribution in [1.82, 2.24) is 0 Å². The van der Waals surface area contributed by atoms with E-state index in [4.69, 9.17) is 0 Å². The zero-order valence-corrected chi connectivity index (χ0v) is 20.8. The van der Waals surface area contributed by atoms with Crippen molar-refractivity contribution in [1.29, 1.82) is 0 Å². The van der Waals surface area contributed by atoms with E-state index in [1.54, 1.807) is 22.7 Å². The Labute approximate surface area is 130 Å². The fraction of sp³-hybridized carbons (Fsp3) is 1.00. The van der Waals surface area contributed by atoms with Crippen molar-refractivity contribution in [3.63, 3.8) is 0 Å². The summed E-state index contributed by atoms with van der Waals surface area (Å²) in [6.45, 7) is 26.1. The Kier molecular flexibility index (Phi) is 7.80. The van der Waals surface area contributed by atoms with Crippen LogP contribution in [0.1, 0.15) is 0 Å². The van der Waals surface area contributed by atoms with Gasteiger partial charge in [-0.15, -0.1) is 0 Å². The first-order chi connectivity index (χ1) is 8.20. The van der Waals surface area contributed by atoms with Gasteiger partial charge in [0.05, 0.1) is 0 Å². The molecular weight excluding hydrogens is 309 g/mol. The summed E-state index contributed by atoms with van der Waals surface area (Å²) in [5.41, 5.74) is 6.79. The van der Waals surface area contributed by atoms with Crippen molar-refractivity contribution in [2.24, 2.45) is 0 Å². The maximum absolute atomic E-state index is 2.70. The van der Waals surface area contributed by atoms with Crippen molar-refractivity contribution in [3.8, 4) is 0 Å². The van der Waals surface area contributed by atoms with E-state index >= 15 is 0 Å². The summed E-state index contributed by atoms with van der Waals surface area (Å²) in [5.74, 6) is 0. The molecule has 0 bridgehead atoms. The summed E-state index contributed by atoms with van der Waals surface area (Å²) in [5, 5.41) is 0. The second-order valence-electron chi connectivity index (χ2n) is 10.3. The third kappa shape index (κ3) is 12.5. The molecule has 0 aromatic rings. The van der Waals surface area contributed by atoms with Gasteiger partial charge in [-0.1, -0.05) is 88.1 Å². The first kappa shape index (κ1) is 20.1. The Morgan fingerprint density at radius 3 is 1.00 bits per heavy atom.